The number of hydrogen-bond acceptors (Lipinski definition) is 5. The van der Waals surface area contributed by atoms with Crippen LogP contribution in [0, 0.1) is 6.92 Å². The third-order valence-corrected chi connectivity index (χ3v) is 3.47. The van der Waals surface area contributed by atoms with Crippen molar-refractivity contribution >= 4 is 23.4 Å². The van der Waals surface area contributed by atoms with Gasteiger partial charge < -0.3 is 20.7 Å². The molecule has 0 fully saturated rings. The van der Waals surface area contributed by atoms with Crippen LogP contribution in [0.5, 0.6) is 0 Å². The Morgan fingerprint density at radius 3 is 2.48 bits per heavy atom. The summed E-state index contributed by atoms with van der Waals surface area (Å²) in [4.78, 5) is 20.0. The van der Waals surface area contributed by atoms with E-state index in [-0.39, 0.29) is 0 Å². The molecule has 1 amide bonds. The molecular formula is C15H27N5O2S. The molecule has 0 atom stereocenters. The molecule has 0 saturated carbocycles. The van der Waals surface area contributed by atoms with Crippen molar-refractivity contribution in [1.29, 1.82) is 0 Å². The predicted octanol–water partition coefficient (Wildman–Crippen LogP) is 1.68. The fourth-order valence-electron chi connectivity index (χ4n) is 1.71. The number of alkyl carbamates (subject to hydrolysis) is 1. The van der Waals surface area contributed by atoms with Crippen molar-refractivity contribution < 1.29 is 9.53 Å². The lowest BCUT2D eigenvalue weighted by molar-refractivity contribution is 0.0529. The molecule has 1 aromatic heterocycles. The Labute approximate surface area is 141 Å². The van der Waals surface area contributed by atoms with E-state index in [1.807, 2.05) is 27.7 Å². The molecule has 0 saturated heterocycles. The van der Waals surface area contributed by atoms with Gasteiger partial charge >= 0.3 is 6.09 Å². The van der Waals surface area contributed by atoms with Crippen LogP contribution in [-0.2, 0) is 11.2 Å². The third kappa shape index (κ3) is 9.02. The highest BCUT2D eigenvalue weighted by molar-refractivity contribution is 7.09. The maximum Gasteiger partial charge on any atom is 0.407 e. The van der Waals surface area contributed by atoms with Crippen molar-refractivity contribution in [3.05, 3.63) is 16.1 Å². The van der Waals surface area contributed by atoms with Crippen LogP contribution in [0.25, 0.3) is 0 Å². The number of aliphatic imine (C=N–C) groups is 1. The molecule has 23 heavy (non-hydrogen) atoms. The van der Waals surface area contributed by atoms with Crippen molar-refractivity contribution in [3.63, 3.8) is 0 Å². The smallest absolute Gasteiger partial charge is 0.407 e. The zero-order valence-corrected chi connectivity index (χ0v) is 15.3. The second kappa shape index (κ2) is 9.34. The van der Waals surface area contributed by atoms with Gasteiger partial charge in [0.05, 0.1) is 10.7 Å². The lowest BCUT2D eigenvalue weighted by atomic mass is 10.2. The van der Waals surface area contributed by atoms with E-state index in [4.69, 9.17) is 4.74 Å². The van der Waals surface area contributed by atoms with E-state index >= 15 is 0 Å². The molecule has 8 heteroatoms. The molecule has 0 unspecified atom stereocenters. The zero-order chi connectivity index (χ0) is 17.3. The number of nitrogens with zero attached hydrogens (tertiary/aromatic N) is 2. The van der Waals surface area contributed by atoms with Crippen LogP contribution in [0.15, 0.2) is 10.4 Å². The second-order valence-corrected chi connectivity index (χ2v) is 7.02. The van der Waals surface area contributed by atoms with Gasteiger partial charge in [0.25, 0.3) is 0 Å². The first-order valence-corrected chi connectivity index (χ1v) is 8.50. The topological polar surface area (TPSA) is 87.6 Å². The van der Waals surface area contributed by atoms with Gasteiger partial charge in [0, 0.05) is 38.5 Å². The first-order valence-electron chi connectivity index (χ1n) is 7.62. The highest BCUT2D eigenvalue weighted by Crippen LogP contribution is 2.07. The number of carbonyl (C=O) groups is 1. The summed E-state index contributed by atoms with van der Waals surface area (Å²) in [7, 11) is 1.71. The Morgan fingerprint density at radius 2 is 1.91 bits per heavy atom. The van der Waals surface area contributed by atoms with Gasteiger partial charge in [-0.05, 0) is 27.7 Å². The van der Waals surface area contributed by atoms with Crippen molar-refractivity contribution in [2.24, 2.45) is 4.99 Å². The highest BCUT2D eigenvalue weighted by atomic mass is 32.1. The average Bonchev–Trinajstić information content (AvgIpc) is 2.85. The van der Waals surface area contributed by atoms with Crippen LogP contribution in [0.4, 0.5) is 4.79 Å². The van der Waals surface area contributed by atoms with E-state index in [0.29, 0.717) is 19.0 Å². The third-order valence-electron chi connectivity index (χ3n) is 2.65. The molecule has 0 aliphatic carbocycles. The van der Waals surface area contributed by atoms with Crippen LogP contribution in [0.2, 0.25) is 0 Å². The van der Waals surface area contributed by atoms with Crippen molar-refractivity contribution in [2.75, 3.05) is 26.7 Å². The van der Waals surface area contributed by atoms with Gasteiger partial charge in [-0.1, -0.05) is 0 Å². The fraction of sp³-hybridized carbons (Fsp3) is 0.667. The molecule has 0 radical (unpaired) electrons. The van der Waals surface area contributed by atoms with Gasteiger partial charge in [-0.25, -0.2) is 9.78 Å². The maximum absolute atomic E-state index is 11.5. The number of nitrogens with one attached hydrogen (secondary N) is 3. The molecule has 3 N–H and O–H groups in total. The average molecular weight is 341 g/mol. The summed E-state index contributed by atoms with van der Waals surface area (Å²) < 4.78 is 5.16. The lowest BCUT2D eigenvalue weighted by Gasteiger charge is -2.19. The number of carbonyl (C=O) groups excluding carboxylic acids is 1. The first-order chi connectivity index (χ1) is 10.8. The predicted molar refractivity (Wildman–Crippen MR) is 94.2 cm³/mol. The molecule has 0 bridgehead atoms. The van der Waals surface area contributed by atoms with Crippen LogP contribution < -0.4 is 16.0 Å². The van der Waals surface area contributed by atoms with Gasteiger partial charge in [0.2, 0.25) is 0 Å². The van der Waals surface area contributed by atoms with Crippen LogP contribution in [0.3, 0.4) is 0 Å². The number of aryl methyl sites for hydroxylation is 1. The Morgan fingerprint density at radius 1 is 1.26 bits per heavy atom. The number of guanidine groups is 1. The van der Waals surface area contributed by atoms with Gasteiger partial charge in [0.15, 0.2) is 5.96 Å². The molecule has 130 valence electrons. The van der Waals surface area contributed by atoms with Crippen molar-refractivity contribution in [3.8, 4) is 0 Å². The van der Waals surface area contributed by atoms with Crippen molar-refractivity contribution in [1.82, 2.24) is 20.9 Å². The maximum atomic E-state index is 11.5. The summed E-state index contributed by atoms with van der Waals surface area (Å²) in [6.07, 6.45) is 0.433. The normalized spacial score (nSPS) is 12.0. The fourth-order valence-corrected chi connectivity index (χ4v) is 2.36. The minimum atomic E-state index is -0.483. The van der Waals surface area contributed by atoms with Crippen molar-refractivity contribution in [2.45, 2.75) is 39.7 Å². The van der Waals surface area contributed by atoms with Gasteiger partial charge in [-0.2, -0.15) is 0 Å². The SMILES string of the molecule is CN=C(NCCNC(=O)OC(C)(C)C)NCCc1csc(C)n1. The largest absolute Gasteiger partial charge is 0.444 e. The first kappa shape index (κ1) is 19.2. The van der Waals surface area contributed by atoms with E-state index in [0.717, 1.165) is 23.7 Å². The van der Waals surface area contributed by atoms with Gasteiger partial charge in [-0.3, -0.25) is 4.99 Å². The number of amides is 1. The highest BCUT2D eigenvalue weighted by Gasteiger charge is 2.15. The molecule has 1 heterocycles. The summed E-state index contributed by atoms with van der Waals surface area (Å²) >= 11 is 1.66. The van der Waals surface area contributed by atoms with E-state index in [2.05, 4.69) is 31.3 Å². The summed E-state index contributed by atoms with van der Waals surface area (Å²) in [5.74, 6) is 0.697. The minimum absolute atomic E-state index is 0.416. The summed E-state index contributed by atoms with van der Waals surface area (Å²) in [6, 6.07) is 0. The summed E-state index contributed by atoms with van der Waals surface area (Å²) in [6.45, 7) is 9.28. The summed E-state index contributed by atoms with van der Waals surface area (Å²) in [5, 5.41) is 12.2. The summed E-state index contributed by atoms with van der Waals surface area (Å²) in [5.41, 5.74) is 0.602. The van der Waals surface area contributed by atoms with E-state index in [1.165, 1.54) is 0 Å². The van der Waals surface area contributed by atoms with E-state index < -0.39 is 11.7 Å². The molecule has 0 spiro atoms. The molecule has 0 aromatic carbocycles. The molecule has 1 aromatic rings. The molecule has 0 aliphatic rings. The standard InChI is InChI=1S/C15H27N5O2S/c1-11-20-12(10-23-11)6-7-17-13(16-5)18-8-9-19-14(21)22-15(2,3)4/h10H,6-9H2,1-5H3,(H,19,21)(H2,16,17,18). The van der Waals surface area contributed by atoms with Crippen LogP contribution >= 0.6 is 11.3 Å². The minimum Gasteiger partial charge on any atom is -0.444 e. The Kier molecular flexibility index (Phi) is 7.80. The number of hydrogen-bond donors (Lipinski definition) is 3. The monoisotopic (exact) mass is 341 g/mol. The Bertz CT molecular complexity index is 522. The second-order valence-electron chi connectivity index (χ2n) is 5.96. The number of aromatic nitrogens is 1. The number of rotatable bonds is 6. The van der Waals surface area contributed by atoms with Crippen LogP contribution in [0.1, 0.15) is 31.5 Å². The Balaban J connectivity index is 2.15. The molecular weight excluding hydrogens is 314 g/mol. The molecule has 0 aliphatic heterocycles. The van der Waals surface area contributed by atoms with E-state index in [9.17, 15) is 4.79 Å². The quantitative estimate of drug-likeness (QED) is 0.416. The Hall–Kier alpha value is -1.83. The molecule has 7 nitrogen and oxygen atoms in total. The zero-order valence-electron chi connectivity index (χ0n) is 14.5. The van der Waals surface area contributed by atoms with Gasteiger partial charge in [-0.15, -0.1) is 11.3 Å². The van der Waals surface area contributed by atoms with Gasteiger partial charge in [0.1, 0.15) is 5.60 Å². The lowest BCUT2D eigenvalue weighted by Crippen LogP contribution is -2.43. The molecule has 1 rings (SSSR count). The van der Waals surface area contributed by atoms with E-state index in [1.54, 1.807) is 18.4 Å². The number of ether oxygens (including phenoxy) is 1. The number of thiazole rings is 1. The van der Waals surface area contributed by atoms with Crippen LogP contribution in [-0.4, -0.2) is 49.3 Å².